The van der Waals surface area contributed by atoms with Crippen LogP contribution in [0, 0.1) is 6.92 Å². The largest absolute Gasteiger partial charge is 0.494 e. The molecule has 0 bridgehead atoms. The topological polar surface area (TPSA) is 79.9 Å². The summed E-state index contributed by atoms with van der Waals surface area (Å²) in [7, 11) is 0. The van der Waals surface area contributed by atoms with Crippen LogP contribution in [-0.4, -0.2) is 32.1 Å². The van der Waals surface area contributed by atoms with Crippen molar-refractivity contribution in [2.75, 3.05) is 13.2 Å². The van der Waals surface area contributed by atoms with Crippen LogP contribution in [0.4, 0.5) is 0 Å². The summed E-state index contributed by atoms with van der Waals surface area (Å²) in [5.41, 5.74) is 2.84. The van der Waals surface area contributed by atoms with E-state index in [0.29, 0.717) is 30.4 Å². The molecule has 0 unspecified atom stereocenters. The lowest BCUT2D eigenvalue weighted by atomic mass is 10.1. The summed E-state index contributed by atoms with van der Waals surface area (Å²) in [6, 6.07) is 11.3. The molecule has 0 saturated heterocycles. The number of ether oxygens (including phenoxy) is 1. The molecular weight excluding hydrogens is 416 g/mol. The Morgan fingerprint density at radius 3 is 2.61 bits per heavy atom. The Hall–Kier alpha value is -3.30. The highest BCUT2D eigenvalue weighted by molar-refractivity contribution is 7.90. The lowest BCUT2D eigenvalue weighted by Crippen LogP contribution is -2.25. The van der Waals surface area contributed by atoms with E-state index in [9.17, 15) is 4.79 Å². The van der Waals surface area contributed by atoms with E-state index in [1.807, 2.05) is 51.1 Å². The Morgan fingerprint density at radius 2 is 1.87 bits per heavy atom. The molecule has 4 rings (SSSR count). The van der Waals surface area contributed by atoms with E-state index in [-0.39, 0.29) is 5.69 Å². The van der Waals surface area contributed by atoms with Gasteiger partial charge in [0.1, 0.15) is 11.4 Å². The Kier molecular flexibility index (Phi) is 6.24. The molecule has 0 saturated carbocycles. The maximum Gasteiger partial charge on any atom is 0.339 e. The van der Waals surface area contributed by atoms with Crippen molar-refractivity contribution in [3.05, 3.63) is 71.2 Å². The smallest absolute Gasteiger partial charge is 0.339 e. The number of aryl methyl sites for hydroxylation is 1. The predicted molar refractivity (Wildman–Crippen MR) is 120 cm³/mol. The zero-order chi connectivity index (χ0) is 21.8. The number of fused-ring (bicyclic) bond motifs is 1. The summed E-state index contributed by atoms with van der Waals surface area (Å²) in [6.45, 7) is 6.74. The highest BCUT2D eigenvalue weighted by atomic mass is 32.2. The second-order valence-electron chi connectivity index (χ2n) is 6.64. The van der Waals surface area contributed by atoms with E-state index in [4.69, 9.17) is 13.1 Å². The highest BCUT2D eigenvalue weighted by Crippen LogP contribution is 2.30. The summed E-state index contributed by atoms with van der Waals surface area (Å²) in [5.74, 6) is 1.57. The number of rotatable bonds is 8. The second-order valence-corrected chi connectivity index (χ2v) is 7.18. The first-order valence-electron chi connectivity index (χ1n) is 9.88. The minimum Gasteiger partial charge on any atom is -0.494 e. The van der Waals surface area contributed by atoms with Crippen LogP contribution < -0.4 is 14.6 Å². The molecule has 0 amide bonds. The van der Waals surface area contributed by atoms with Gasteiger partial charge in [-0.1, -0.05) is 12.1 Å². The number of hydrogen-bond donors (Lipinski definition) is 0. The quantitative estimate of drug-likeness (QED) is 0.301. The molecule has 9 heteroatoms. The fourth-order valence-electron chi connectivity index (χ4n) is 3.13. The lowest BCUT2D eigenvalue weighted by Gasteiger charge is -2.13. The summed E-state index contributed by atoms with van der Waals surface area (Å²) in [6.07, 6.45) is 5.04. The molecule has 0 spiro atoms. The van der Waals surface area contributed by atoms with Gasteiger partial charge in [-0.15, -0.1) is 0 Å². The molecule has 3 heterocycles. The number of pyridine rings is 1. The second kappa shape index (κ2) is 9.23. The molecule has 0 aliphatic rings. The number of hydrogen-bond acceptors (Lipinski definition) is 7. The molecule has 0 radical (unpaired) electrons. The van der Waals surface area contributed by atoms with Crippen LogP contribution in [-0.2, 0) is 4.18 Å². The predicted octanol–water partition coefficient (Wildman–Crippen LogP) is 4.23. The summed E-state index contributed by atoms with van der Waals surface area (Å²) in [5, 5.41) is 0. The van der Waals surface area contributed by atoms with Gasteiger partial charge in [-0.25, -0.2) is 19.3 Å². The molecule has 0 atom stereocenters. The third kappa shape index (κ3) is 4.42. The van der Waals surface area contributed by atoms with E-state index < -0.39 is 0 Å². The van der Waals surface area contributed by atoms with Gasteiger partial charge in [0.15, 0.2) is 11.6 Å². The SMILES string of the molecule is CCOSOc1cc(-c2ccc(OCC)cc2)cnc1-n1ccc2nc(C)cn2c1=O. The number of aromatic nitrogens is 4. The summed E-state index contributed by atoms with van der Waals surface area (Å²) < 4.78 is 19.4. The van der Waals surface area contributed by atoms with Crippen LogP contribution in [0.1, 0.15) is 19.5 Å². The van der Waals surface area contributed by atoms with Crippen LogP contribution in [0.3, 0.4) is 0 Å². The van der Waals surface area contributed by atoms with Gasteiger partial charge in [0.05, 0.1) is 18.9 Å². The Labute approximate surface area is 183 Å². The van der Waals surface area contributed by atoms with Gasteiger partial charge in [0.25, 0.3) is 0 Å². The zero-order valence-corrected chi connectivity index (χ0v) is 18.3. The zero-order valence-electron chi connectivity index (χ0n) is 17.4. The van der Waals surface area contributed by atoms with Gasteiger partial charge in [-0.2, -0.15) is 0 Å². The maximum atomic E-state index is 13.0. The molecule has 0 N–H and O–H groups in total. The normalized spacial score (nSPS) is 11.1. The van der Waals surface area contributed by atoms with Crippen molar-refractivity contribution < 1.29 is 13.1 Å². The van der Waals surface area contributed by atoms with Crippen LogP contribution in [0.2, 0.25) is 0 Å². The van der Waals surface area contributed by atoms with E-state index in [2.05, 4.69) is 9.97 Å². The Bertz CT molecular complexity index is 1250. The summed E-state index contributed by atoms with van der Waals surface area (Å²) in [4.78, 5) is 21.9. The standard InChI is InChI=1S/C22H22N4O4S/c1-4-28-18-8-6-16(7-9-18)17-12-19(30-31-29-5-2)21(23-13-17)25-11-10-20-24-15(3)14-26(20)22(25)27/h6-14H,4-5H2,1-3H3. The van der Waals surface area contributed by atoms with Crippen LogP contribution in [0.5, 0.6) is 11.5 Å². The first kappa shape index (κ1) is 21.0. The average Bonchev–Trinajstić information content (AvgIpc) is 3.17. The van der Waals surface area contributed by atoms with Crippen molar-refractivity contribution in [1.82, 2.24) is 18.9 Å². The van der Waals surface area contributed by atoms with Crippen molar-refractivity contribution in [2.24, 2.45) is 0 Å². The number of benzene rings is 1. The van der Waals surface area contributed by atoms with Crippen LogP contribution in [0.25, 0.3) is 22.6 Å². The average molecular weight is 439 g/mol. The van der Waals surface area contributed by atoms with E-state index in [1.165, 1.54) is 8.97 Å². The fraction of sp³-hybridized carbons (Fsp3) is 0.227. The monoisotopic (exact) mass is 438 g/mol. The molecule has 0 aliphatic carbocycles. The summed E-state index contributed by atoms with van der Waals surface area (Å²) >= 11 is 0.847. The third-order valence-electron chi connectivity index (χ3n) is 4.49. The molecule has 160 valence electrons. The van der Waals surface area contributed by atoms with Crippen molar-refractivity contribution in [3.63, 3.8) is 0 Å². The first-order chi connectivity index (χ1) is 15.1. The van der Waals surface area contributed by atoms with E-state index in [0.717, 1.165) is 34.9 Å². The molecule has 31 heavy (non-hydrogen) atoms. The van der Waals surface area contributed by atoms with Crippen LogP contribution >= 0.6 is 12.3 Å². The Balaban J connectivity index is 1.77. The molecule has 0 fully saturated rings. The highest BCUT2D eigenvalue weighted by Gasteiger charge is 2.15. The van der Waals surface area contributed by atoms with Gasteiger partial charge < -0.3 is 8.92 Å². The van der Waals surface area contributed by atoms with Crippen molar-refractivity contribution in [2.45, 2.75) is 20.8 Å². The lowest BCUT2D eigenvalue weighted by molar-refractivity contribution is 0.340. The third-order valence-corrected chi connectivity index (χ3v) is 5.07. The van der Waals surface area contributed by atoms with E-state index in [1.54, 1.807) is 24.7 Å². The number of imidazole rings is 1. The van der Waals surface area contributed by atoms with Crippen molar-refractivity contribution >= 4 is 18.0 Å². The van der Waals surface area contributed by atoms with Gasteiger partial charge >= 0.3 is 5.69 Å². The first-order valence-corrected chi connectivity index (χ1v) is 10.5. The van der Waals surface area contributed by atoms with Crippen LogP contribution in [0.15, 0.2) is 59.8 Å². The maximum absolute atomic E-state index is 13.0. The molecule has 3 aromatic heterocycles. The molecule has 0 aliphatic heterocycles. The van der Waals surface area contributed by atoms with Crippen molar-refractivity contribution in [3.8, 4) is 28.4 Å². The number of nitrogens with zero attached hydrogens (tertiary/aromatic N) is 4. The molecule has 1 aromatic carbocycles. The minimum atomic E-state index is -0.286. The van der Waals surface area contributed by atoms with Crippen molar-refractivity contribution in [1.29, 1.82) is 0 Å². The molecule has 4 aromatic rings. The van der Waals surface area contributed by atoms with Gasteiger partial charge in [-0.3, -0.25) is 8.58 Å². The Morgan fingerprint density at radius 1 is 1.06 bits per heavy atom. The van der Waals surface area contributed by atoms with Gasteiger partial charge in [-0.05, 0) is 50.6 Å². The van der Waals surface area contributed by atoms with Gasteiger partial charge in [0, 0.05) is 24.2 Å². The fourth-order valence-corrected chi connectivity index (χ4v) is 3.47. The van der Waals surface area contributed by atoms with Gasteiger partial charge in [0.2, 0.25) is 12.3 Å². The molecule has 8 nitrogen and oxygen atoms in total. The molecular formula is C22H22N4O4S. The minimum absolute atomic E-state index is 0.286. The van der Waals surface area contributed by atoms with E-state index >= 15 is 0 Å².